The van der Waals surface area contributed by atoms with Crippen molar-refractivity contribution in [2.24, 2.45) is 5.92 Å². The van der Waals surface area contributed by atoms with Gasteiger partial charge in [-0.05, 0) is 55.0 Å². The Balaban J connectivity index is 1.60. The molecule has 2 aromatic carbocycles. The van der Waals surface area contributed by atoms with Gasteiger partial charge in [0.1, 0.15) is 23.2 Å². The number of aromatic nitrogens is 1. The molecule has 2 N–H and O–H groups in total. The van der Waals surface area contributed by atoms with Crippen LogP contribution in [0, 0.1) is 11.7 Å². The van der Waals surface area contributed by atoms with Crippen LogP contribution in [0.1, 0.15) is 24.2 Å². The van der Waals surface area contributed by atoms with Crippen LogP contribution in [0.5, 0.6) is 11.6 Å². The molecule has 206 valence electrons. The summed E-state index contributed by atoms with van der Waals surface area (Å²) in [5.41, 5.74) is 2.18. The molecule has 0 bridgehead atoms. The Bertz CT molecular complexity index is 1300. The number of benzene rings is 2. The second kappa shape index (κ2) is 12.1. The number of carbonyl (C=O) groups is 2. The molecule has 9 nitrogen and oxygen atoms in total. The van der Waals surface area contributed by atoms with E-state index >= 15 is 0 Å². The Morgan fingerprint density at radius 3 is 2.56 bits per heavy atom. The fourth-order valence-corrected chi connectivity index (χ4v) is 4.37. The zero-order valence-corrected chi connectivity index (χ0v) is 22.4. The quantitative estimate of drug-likeness (QED) is 0.467. The number of aliphatic hydroxyl groups excluding tert-OH is 1. The lowest BCUT2D eigenvalue weighted by Crippen LogP contribution is -2.50. The van der Waals surface area contributed by atoms with Gasteiger partial charge >= 0.3 is 6.03 Å². The number of urea groups is 1. The van der Waals surface area contributed by atoms with Crippen LogP contribution in [-0.2, 0) is 0 Å². The molecule has 3 atom stereocenters. The third-order valence-electron chi connectivity index (χ3n) is 6.84. The van der Waals surface area contributed by atoms with Gasteiger partial charge in [0.15, 0.2) is 0 Å². The molecule has 4 rings (SSSR count). The van der Waals surface area contributed by atoms with Crippen LogP contribution in [0.3, 0.4) is 0 Å². The van der Waals surface area contributed by atoms with Crippen molar-refractivity contribution in [1.29, 1.82) is 0 Å². The number of fused-ring (bicyclic) bond motifs is 1. The van der Waals surface area contributed by atoms with E-state index in [1.54, 1.807) is 74.6 Å². The second-order valence-electron chi connectivity index (χ2n) is 9.75. The number of halogens is 1. The molecule has 0 saturated heterocycles. The van der Waals surface area contributed by atoms with Crippen molar-refractivity contribution in [3.63, 3.8) is 0 Å². The van der Waals surface area contributed by atoms with Gasteiger partial charge in [-0.3, -0.25) is 4.79 Å². The highest BCUT2D eigenvalue weighted by molar-refractivity contribution is 5.98. The number of nitrogens with one attached hydrogen (secondary N) is 1. The van der Waals surface area contributed by atoms with Crippen molar-refractivity contribution in [2.45, 2.75) is 26.0 Å². The number of rotatable bonds is 7. The van der Waals surface area contributed by atoms with Gasteiger partial charge in [-0.1, -0.05) is 19.1 Å². The molecule has 0 fully saturated rings. The zero-order valence-electron chi connectivity index (χ0n) is 22.4. The first-order valence-corrected chi connectivity index (χ1v) is 12.7. The third-order valence-corrected chi connectivity index (χ3v) is 6.84. The maximum absolute atomic E-state index is 13.6. The van der Waals surface area contributed by atoms with Gasteiger partial charge in [0.05, 0.1) is 26.3 Å². The average Bonchev–Trinajstić information content (AvgIpc) is 2.95. The number of ether oxygens (including phenoxy) is 2. The molecule has 0 spiro atoms. The van der Waals surface area contributed by atoms with Crippen LogP contribution >= 0.6 is 0 Å². The van der Waals surface area contributed by atoms with Crippen LogP contribution < -0.4 is 14.8 Å². The van der Waals surface area contributed by atoms with Gasteiger partial charge in [0, 0.05) is 37.0 Å². The molecule has 1 aliphatic rings. The van der Waals surface area contributed by atoms with Crippen molar-refractivity contribution >= 4 is 17.6 Å². The molecule has 1 aliphatic heterocycles. The van der Waals surface area contributed by atoms with Gasteiger partial charge in [0.2, 0.25) is 5.88 Å². The molecular weight excluding hydrogens is 503 g/mol. The fraction of sp³-hybridized carbons (Fsp3) is 0.345. The van der Waals surface area contributed by atoms with E-state index in [9.17, 15) is 19.1 Å². The maximum atomic E-state index is 13.6. The first kappa shape index (κ1) is 27.8. The molecule has 1 aromatic heterocycles. The van der Waals surface area contributed by atoms with E-state index < -0.39 is 12.1 Å². The lowest BCUT2D eigenvalue weighted by molar-refractivity contribution is 0.0356. The molecule has 3 aromatic rings. The Labute approximate surface area is 227 Å². The van der Waals surface area contributed by atoms with E-state index in [-0.39, 0.29) is 48.3 Å². The molecule has 0 unspecified atom stereocenters. The number of hydrogen-bond donors (Lipinski definition) is 2. The minimum atomic E-state index is -0.499. The van der Waals surface area contributed by atoms with Crippen LogP contribution in [0.4, 0.5) is 14.9 Å². The molecule has 0 saturated carbocycles. The highest BCUT2D eigenvalue weighted by atomic mass is 19.1. The summed E-state index contributed by atoms with van der Waals surface area (Å²) in [5, 5.41) is 12.7. The van der Waals surface area contributed by atoms with Gasteiger partial charge in [-0.2, -0.15) is 0 Å². The van der Waals surface area contributed by atoms with Gasteiger partial charge in [-0.15, -0.1) is 0 Å². The van der Waals surface area contributed by atoms with Crippen LogP contribution in [0.2, 0.25) is 0 Å². The number of hydrogen-bond acceptors (Lipinski definition) is 6. The van der Waals surface area contributed by atoms with E-state index in [0.29, 0.717) is 29.1 Å². The Hall–Kier alpha value is -4.18. The standard InChI is InChI=1S/C29H33FN4O5/c1-18-15-34(19(2)17-35)28(36)25-13-21(20-5-7-22(30)8-6-20)14-31-27(25)39-26(18)16-33(3)29(37)32-23-9-11-24(38-4)12-10-23/h5-14,18-19,26,35H,15-17H2,1-4H3,(H,32,37)/t18-,19+,26-/m0/s1. The van der Waals surface area contributed by atoms with Crippen molar-refractivity contribution in [3.8, 4) is 22.8 Å². The highest BCUT2D eigenvalue weighted by Gasteiger charge is 2.34. The fourth-order valence-electron chi connectivity index (χ4n) is 4.37. The lowest BCUT2D eigenvalue weighted by atomic mass is 9.99. The zero-order chi connectivity index (χ0) is 28.1. The summed E-state index contributed by atoms with van der Waals surface area (Å²) in [4.78, 5) is 34.1. The summed E-state index contributed by atoms with van der Waals surface area (Å²) < 4.78 is 24.9. The topological polar surface area (TPSA) is 104 Å². The molecular formula is C29H33FN4O5. The molecule has 0 radical (unpaired) electrons. The van der Waals surface area contributed by atoms with Crippen LogP contribution in [-0.4, -0.2) is 77.8 Å². The summed E-state index contributed by atoms with van der Waals surface area (Å²) in [6, 6.07) is 13.8. The first-order chi connectivity index (χ1) is 18.7. The van der Waals surface area contributed by atoms with E-state index in [1.165, 1.54) is 17.0 Å². The minimum absolute atomic E-state index is 0.140. The van der Waals surface area contributed by atoms with E-state index in [2.05, 4.69) is 10.3 Å². The largest absolute Gasteiger partial charge is 0.497 e. The van der Waals surface area contributed by atoms with Crippen molar-refractivity contribution in [3.05, 3.63) is 72.2 Å². The van der Waals surface area contributed by atoms with Gasteiger partial charge in [0.25, 0.3) is 5.91 Å². The average molecular weight is 537 g/mol. The summed E-state index contributed by atoms with van der Waals surface area (Å²) in [6.45, 7) is 4.02. The summed E-state index contributed by atoms with van der Waals surface area (Å²) >= 11 is 0. The molecule has 0 aliphatic carbocycles. The predicted molar refractivity (Wildman–Crippen MR) is 145 cm³/mol. The maximum Gasteiger partial charge on any atom is 0.321 e. The summed E-state index contributed by atoms with van der Waals surface area (Å²) in [6.07, 6.45) is 1.07. The van der Waals surface area contributed by atoms with Crippen molar-refractivity contribution < 1.29 is 28.6 Å². The Morgan fingerprint density at radius 1 is 1.23 bits per heavy atom. The van der Waals surface area contributed by atoms with Gasteiger partial charge in [-0.25, -0.2) is 14.2 Å². The van der Waals surface area contributed by atoms with Crippen molar-refractivity contribution in [1.82, 2.24) is 14.8 Å². The molecule has 2 heterocycles. The first-order valence-electron chi connectivity index (χ1n) is 12.7. The third kappa shape index (κ3) is 6.46. The Morgan fingerprint density at radius 2 is 1.92 bits per heavy atom. The molecule has 39 heavy (non-hydrogen) atoms. The summed E-state index contributed by atoms with van der Waals surface area (Å²) in [7, 11) is 3.24. The highest BCUT2D eigenvalue weighted by Crippen LogP contribution is 2.30. The molecule has 10 heteroatoms. The van der Waals surface area contributed by atoms with Crippen molar-refractivity contribution in [2.75, 3.05) is 39.2 Å². The summed E-state index contributed by atoms with van der Waals surface area (Å²) in [5.74, 6) is -0.0494. The number of aliphatic hydroxyl groups is 1. The minimum Gasteiger partial charge on any atom is -0.497 e. The Kier molecular flexibility index (Phi) is 8.65. The number of anilines is 1. The number of nitrogens with zero attached hydrogens (tertiary/aromatic N) is 3. The second-order valence-corrected chi connectivity index (χ2v) is 9.75. The normalized spacial score (nSPS) is 17.8. The smallest absolute Gasteiger partial charge is 0.321 e. The number of likely N-dealkylation sites (N-methyl/N-ethyl adjacent to an activating group) is 1. The number of carbonyl (C=O) groups excluding carboxylic acids is 2. The number of methoxy groups -OCH3 is 1. The predicted octanol–water partition coefficient (Wildman–Crippen LogP) is 4.28. The van der Waals surface area contributed by atoms with E-state index in [0.717, 1.165) is 0 Å². The van der Waals surface area contributed by atoms with Crippen LogP contribution in [0.25, 0.3) is 11.1 Å². The SMILES string of the molecule is COc1ccc(NC(=O)N(C)C[C@@H]2Oc3ncc(-c4ccc(F)cc4)cc3C(=O)N([C@H](C)CO)C[C@@H]2C)cc1. The van der Waals surface area contributed by atoms with Gasteiger partial charge < -0.3 is 29.7 Å². The lowest BCUT2D eigenvalue weighted by Gasteiger charge is -2.37. The number of amides is 3. The van der Waals surface area contributed by atoms with E-state index in [1.807, 2.05) is 6.92 Å². The molecule has 3 amide bonds. The van der Waals surface area contributed by atoms with Crippen LogP contribution in [0.15, 0.2) is 60.8 Å². The van der Waals surface area contributed by atoms with E-state index in [4.69, 9.17) is 9.47 Å². The monoisotopic (exact) mass is 536 g/mol. The number of pyridine rings is 1.